The second kappa shape index (κ2) is 26.6. The van der Waals surface area contributed by atoms with E-state index in [-0.39, 0.29) is 51.2 Å². The van der Waals surface area contributed by atoms with Crippen molar-refractivity contribution in [1.82, 2.24) is 0 Å². The van der Waals surface area contributed by atoms with Gasteiger partial charge >= 0.3 is 63.1 Å². The van der Waals surface area contributed by atoms with Gasteiger partial charge in [0.1, 0.15) is 0 Å². The van der Waals surface area contributed by atoms with Crippen LogP contribution in [0.4, 0.5) is 0 Å². The van der Waals surface area contributed by atoms with Crippen LogP contribution in [0.25, 0.3) is 0 Å². The quantitative estimate of drug-likeness (QED) is 0.261. The first-order valence-corrected chi connectivity index (χ1v) is 7.98. The van der Waals surface area contributed by atoms with E-state index in [1.54, 1.807) is 0 Å². The normalized spacial score (nSPS) is 8.82. The van der Waals surface area contributed by atoms with E-state index in [9.17, 15) is 9.59 Å². The molecular formula is C16H36O4PbSn. The van der Waals surface area contributed by atoms with Crippen molar-refractivity contribution in [3.8, 4) is 0 Å². The molecular weight excluding hydrogens is 582 g/mol. The Hall–Kier alpha value is 0.661. The molecule has 0 aliphatic carbocycles. The van der Waals surface area contributed by atoms with Gasteiger partial charge in [-0.05, 0) is 12.8 Å². The fourth-order valence-electron chi connectivity index (χ4n) is 1.76. The summed E-state index contributed by atoms with van der Waals surface area (Å²) >= 11 is 0. The van der Waals surface area contributed by atoms with Crippen LogP contribution in [0.3, 0.4) is 0 Å². The molecule has 0 aromatic heterocycles. The van der Waals surface area contributed by atoms with Gasteiger partial charge in [-0.2, -0.15) is 0 Å². The molecule has 0 bridgehead atoms. The van der Waals surface area contributed by atoms with Crippen molar-refractivity contribution in [3.63, 3.8) is 0 Å². The number of carbonyl (C=O) groups is 2. The second-order valence-corrected chi connectivity index (χ2v) is 5.12. The van der Waals surface area contributed by atoms with Crippen LogP contribution in [0.1, 0.15) is 90.9 Å². The van der Waals surface area contributed by atoms with E-state index < -0.39 is 11.9 Å². The molecule has 0 saturated heterocycles. The number of unbranched alkanes of at least 4 members (excludes halogenated alkanes) is 8. The minimum absolute atomic E-state index is 0. The van der Waals surface area contributed by atoms with Gasteiger partial charge < -0.3 is 10.2 Å². The predicted octanol–water partition coefficient (Wildman–Crippen LogP) is 3.03. The zero-order valence-corrected chi connectivity index (χ0v) is 24.1. The monoisotopic (exact) mass is 620 g/mol. The van der Waals surface area contributed by atoms with Crippen LogP contribution in [-0.2, 0) is 9.59 Å². The van der Waals surface area contributed by atoms with Crippen LogP contribution in [0.2, 0.25) is 0 Å². The Bertz CT molecular complexity index is 214. The maximum atomic E-state index is 10.0. The van der Waals surface area contributed by atoms with Gasteiger partial charge in [-0.25, -0.2) is 0 Å². The zero-order chi connectivity index (χ0) is 15.6. The number of aliphatic carboxylic acids is 2. The first-order chi connectivity index (χ1) is 9.54. The number of carboxylic acids is 2. The van der Waals surface area contributed by atoms with E-state index in [1.807, 2.05) is 0 Å². The molecule has 0 saturated carbocycles. The summed E-state index contributed by atoms with van der Waals surface area (Å²) < 4.78 is 0. The Balaban J connectivity index is -0.000000135. The van der Waals surface area contributed by atoms with E-state index in [2.05, 4.69) is 13.8 Å². The van der Waals surface area contributed by atoms with E-state index in [0.717, 1.165) is 25.7 Å². The molecule has 0 atom stereocenters. The number of hydrogen-bond acceptors (Lipinski definition) is 2. The fraction of sp³-hybridized carbons (Fsp3) is 0.875. The minimum atomic E-state index is -0.670. The topological polar surface area (TPSA) is 74.6 Å². The van der Waals surface area contributed by atoms with Crippen molar-refractivity contribution in [2.75, 3.05) is 0 Å². The molecule has 0 fully saturated rings. The van der Waals surface area contributed by atoms with Crippen molar-refractivity contribution in [1.29, 1.82) is 0 Å². The van der Waals surface area contributed by atoms with Crippen molar-refractivity contribution >= 4 is 63.1 Å². The summed E-state index contributed by atoms with van der Waals surface area (Å²) in [5, 5.41) is 16.5. The van der Waals surface area contributed by atoms with Crippen molar-refractivity contribution in [2.24, 2.45) is 0 Å². The third-order valence-electron chi connectivity index (χ3n) is 2.99. The van der Waals surface area contributed by atoms with Gasteiger partial charge in [-0.15, -0.1) is 0 Å². The molecule has 0 aliphatic rings. The third-order valence-corrected chi connectivity index (χ3v) is 2.99. The average molecular weight is 618 g/mol. The number of carboxylic acid groups (broad SMARTS) is 2. The summed E-state index contributed by atoms with van der Waals surface area (Å²) in [5.74, 6) is -1.34. The number of hydrogen-bond donors (Lipinski definition) is 2. The van der Waals surface area contributed by atoms with Crippen molar-refractivity contribution in [2.45, 2.75) is 90.9 Å². The Morgan fingerprint density at radius 3 is 1.14 bits per heavy atom. The summed E-state index contributed by atoms with van der Waals surface area (Å²) in [6.07, 6.45) is 11.8. The maximum absolute atomic E-state index is 10.0. The zero-order valence-electron chi connectivity index (χ0n) is 14.6. The van der Waals surface area contributed by atoms with Crippen LogP contribution in [0, 0.1) is 0 Å². The van der Waals surface area contributed by atoms with Crippen LogP contribution >= 0.6 is 0 Å². The van der Waals surface area contributed by atoms with Gasteiger partial charge in [0.15, 0.2) is 0 Å². The van der Waals surface area contributed by atoms with Gasteiger partial charge in [-0.1, -0.05) is 65.2 Å². The Morgan fingerprint density at radius 1 is 0.636 bits per heavy atom. The van der Waals surface area contributed by atoms with Crippen LogP contribution in [-0.4, -0.2) is 73.4 Å². The fourth-order valence-corrected chi connectivity index (χ4v) is 1.76. The molecule has 0 spiro atoms. The van der Waals surface area contributed by atoms with E-state index in [4.69, 9.17) is 10.2 Å². The van der Waals surface area contributed by atoms with Crippen molar-refractivity contribution in [3.05, 3.63) is 0 Å². The summed E-state index contributed by atoms with van der Waals surface area (Å²) in [6, 6.07) is 0. The molecule has 0 aliphatic heterocycles. The van der Waals surface area contributed by atoms with Crippen molar-refractivity contribution < 1.29 is 19.8 Å². The molecule has 6 heteroatoms. The van der Waals surface area contributed by atoms with Crippen LogP contribution < -0.4 is 0 Å². The summed E-state index contributed by atoms with van der Waals surface area (Å²) in [5.41, 5.74) is 0. The molecule has 0 amide bonds. The van der Waals surface area contributed by atoms with Gasteiger partial charge in [0, 0.05) is 12.8 Å². The second-order valence-electron chi connectivity index (χ2n) is 5.12. The summed E-state index contributed by atoms with van der Waals surface area (Å²) in [7, 11) is 0. The SMILES string of the molecule is CCCCCCCC(=O)O.CCCCCCCC(=O)O.[PbH2].[SnH2]. The molecule has 22 heavy (non-hydrogen) atoms. The first-order valence-electron chi connectivity index (χ1n) is 7.98. The third kappa shape index (κ3) is 37.2. The molecule has 0 aromatic rings. The molecule has 4 radical (unpaired) electrons. The molecule has 0 unspecified atom stereocenters. The van der Waals surface area contributed by atoms with Crippen LogP contribution in [0.5, 0.6) is 0 Å². The Kier molecular flexibility index (Phi) is 36.9. The van der Waals surface area contributed by atoms with Gasteiger partial charge in [-0.3, -0.25) is 9.59 Å². The summed E-state index contributed by atoms with van der Waals surface area (Å²) in [4.78, 5) is 20.1. The first kappa shape index (κ1) is 30.5. The van der Waals surface area contributed by atoms with Gasteiger partial charge in [0.25, 0.3) is 0 Å². The Morgan fingerprint density at radius 2 is 0.909 bits per heavy atom. The van der Waals surface area contributed by atoms with E-state index >= 15 is 0 Å². The van der Waals surface area contributed by atoms with Gasteiger partial charge in [0.2, 0.25) is 0 Å². The molecule has 0 aromatic carbocycles. The Labute approximate surface area is 172 Å². The molecule has 2 N–H and O–H groups in total. The molecule has 0 rings (SSSR count). The number of rotatable bonds is 12. The van der Waals surface area contributed by atoms with E-state index in [0.29, 0.717) is 12.8 Å². The molecule has 0 heterocycles. The van der Waals surface area contributed by atoms with E-state index in [1.165, 1.54) is 38.5 Å². The molecule has 132 valence electrons. The average Bonchev–Trinajstić information content (AvgIpc) is 2.38. The van der Waals surface area contributed by atoms with Gasteiger partial charge in [0.05, 0.1) is 0 Å². The standard InChI is InChI=1S/2C8H16O2.Pb.Sn.4H/c2*1-2-3-4-5-6-7-8(9)10;;;;;;/h2*2-7H2,1H3,(H,9,10);;;;;;. The van der Waals surface area contributed by atoms with Crippen LogP contribution in [0.15, 0.2) is 0 Å². The summed E-state index contributed by atoms with van der Waals surface area (Å²) in [6.45, 7) is 4.30. The molecule has 4 nitrogen and oxygen atoms in total. The predicted molar refractivity (Wildman–Crippen MR) is 99.1 cm³/mol.